The van der Waals surface area contributed by atoms with Crippen LogP contribution < -0.4 is 25.3 Å². The number of methoxy groups -OCH3 is 2. The summed E-state index contributed by atoms with van der Waals surface area (Å²) in [6.07, 6.45) is 0. The third kappa shape index (κ3) is 2.99. The number of fused-ring (bicyclic) bond motifs is 3. The molecule has 1 atom stereocenters. The van der Waals surface area contributed by atoms with E-state index in [1.165, 1.54) is 0 Å². The van der Waals surface area contributed by atoms with E-state index in [9.17, 15) is 5.26 Å². The van der Waals surface area contributed by atoms with E-state index in [0.29, 0.717) is 33.2 Å². The molecule has 2 aromatic carbocycles. The molecule has 1 aliphatic rings. The van der Waals surface area contributed by atoms with Gasteiger partial charge in [0.25, 0.3) is 0 Å². The van der Waals surface area contributed by atoms with E-state index >= 15 is 0 Å². The molecule has 1 aliphatic heterocycles. The molecular weight excluding hydrogens is 448 g/mol. The number of hydrogen-bond acceptors (Lipinski definition) is 7. The normalized spacial score (nSPS) is 15.2. The SMILES string of the molecule is CNc1nc2c(c3ccccc13)OC(N)=C(C#N)C2c1cc(Br)c(OC)c(OC)c1. The first kappa shape index (κ1) is 19.9. The Labute approximate surface area is 182 Å². The lowest BCUT2D eigenvalue weighted by Crippen LogP contribution is -2.23. The van der Waals surface area contributed by atoms with E-state index in [1.54, 1.807) is 14.2 Å². The number of halogens is 1. The highest BCUT2D eigenvalue weighted by atomic mass is 79.9. The van der Waals surface area contributed by atoms with Gasteiger partial charge in [-0.2, -0.15) is 5.26 Å². The van der Waals surface area contributed by atoms with Crippen molar-refractivity contribution in [1.82, 2.24) is 4.98 Å². The maximum Gasteiger partial charge on any atom is 0.205 e. The number of anilines is 1. The summed E-state index contributed by atoms with van der Waals surface area (Å²) >= 11 is 3.53. The Hall–Kier alpha value is -3.44. The van der Waals surface area contributed by atoms with E-state index in [4.69, 9.17) is 24.9 Å². The Bertz CT molecular complexity index is 1230. The zero-order chi connectivity index (χ0) is 21.4. The van der Waals surface area contributed by atoms with Crippen molar-refractivity contribution in [2.24, 2.45) is 5.73 Å². The second-order valence-corrected chi connectivity index (χ2v) is 7.49. The fourth-order valence-electron chi connectivity index (χ4n) is 3.74. The summed E-state index contributed by atoms with van der Waals surface area (Å²) in [5.74, 6) is 1.84. The molecule has 1 aromatic heterocycles. The molecular formula is C22H19BrN4O3. The molecule has 0 saturated carbocycles. The van der Waals surface area contributed by atoms with Gasteiger partial charge in [-0.05, 0) is 33.6 Å². The maximum atomic E-state index is 9.88. The van der Waals surface area contributed by atoms with E-state index < -0.39 is 5.92 Å². The summed E-state index contributed by atoms with van der Waals surface area (Å²) < 4.78 is 17.5. The third-order valence-corrected chi connectivity index (χ3v) is 5.67. The number of ether oxygens (including phenoxy) is 3. The number of aromatic nitrogens is 1. The molecule has 0 radical (unpaired) electrons. The van der Waals surface area contributed by atoms with Crippen molar-refractivity contribution in [3.05, 3.63) is 63.6 Å². The molecule has 2 heterocycles. The van der Waals surface area contributed by atoms with Gasteiger partial charge in [-0.1, -0.05) is 24.3 Å². The molecule has 3 aromatic rings. The van der Waals surface area contributed by atoms with Crippen LogP contribution in [-0.2, 0) is 0 Å². The van der Waals surface area contributed by atoms with E-state index in [2.05, 4.69) is 27.3 Å². The molecule has 4 rings (SSSR count). The van der Waals surface area contributed by atoms with Crippen molar-refractivity contribution in [2.45, 2.75) is 5.92 Å². The average molecular weight is 467 g/mol. The van der Waals surface area contributed by atoms with Crippen LogP contribution >= 0.6 is 15.9 Å². The molecule has 0 bridgehead atoms. The van der Waals surface area contributed by atoms with Crippen LogP contribution in [0.2, 0.25) is 0 Å². The molecule has 7 nitrogen and oxygen atoms in total. The summed E-state index contributed by atoms with van der Waals surface area (Å²) in [6.45, 7) is 0. The maximum absolute atomic E-state index is 9.88. The third-order valence-electron chi connectivity index (χ3n) is 5.08. The van der Waals surface area contributed by atoms with Gasteiger partial charge in [-0.15, -0.1) is 0 Å². The number of rotatable bonds is 4. The van der Waals surface area contributed by atoms with Crippen LogP contribution in [0.25, 0.3) is 10.8 Å². The topological polar surface area (TPSA) is 102 Å². The van der Waals surface area contributed by atoms with Crippen LogP contribution in [0.1, 0.15) is 17.2 Å². The van der Waals surface area contributed by atoms with Crippen LogP contribution in [0.3, 0.4) is 0 Å². The lowest BCUT2D eigenvalue weighted by atomic mass is 9.85. The largest absolute Gasteiger partial charge is 0.493 e. The van der Waals surface area contributed by atoms with E-state index in [1.807, 2.05) is 43.4 Å². The van der Waals surface area contributed by atoms with Gasteiger partial charge in [-0.3, -0.25) is 0 Å². The van der Waals surface area contributed by atoms with Crippen molar-refractivity contribution in [1.29, 1.82) is 5.26 Å². The summed E-state index contributed by atoms with van der Waals surface area (Å²) in [5, 5.41) is 14.8. The number of hydrogen-bond donors (Lipinski definition) is 2. The second-order valence-electron chi connectivity index (χ2n) is 6.63. The van der Waals surface area contributed by atoms with Crippen molar-refractivity contribution in [2.75, 3.05) is 26.6 Å². The molecule has 0 saturated heterocycles. The molecule has 1 unspecified atom stereocenters. The first-order valence-corrected chi connectivity index (χ1v) is 9.92. The summed E-state index contributed by atoms with van der Waals surface area (Å²) in [7, 11) is 4.94. The van der Waals surface area contributed by atoms with Gasteiger partial charge >= 0.3 is 0 Å². The van der Waals surface area contributed by atoms with Gasteiger partial charge in [0.2, 0.25) is 5.88 Å². The van der Waals surface area contributed by atoms with Gasteiger partial charge in [0.05, 0.1) is 30.3 Å². The van der Waals surface area contributed by atoms with Crippen LogP contribution in [0, 0.1) is 11.3 Å². The van der Waals surface area contributed by atoms with Crippen molar-refractivity contribution < 1.29 is 14.2 Å². The molecule has 152 valence electrons. The Balaban J connectivity index is 2.05. The molecule has 0 spiro atoms. The monoisotopic (exact) mass is 466 g/mol. The summed E-state index contributed by atoms with van der Waals surface area (Å²) in [4.78, 5) is 4.81. The van der Waals surface area contributed by atoms with Gasteiger partial charge in [0.15, 0.2) is 17.2 Å². The number of allylic oxidation sites excluding steroid dienone is 1. The van der Waals surface area contributed by atoms with Crippen molar-refractivity contribution in [3.63, 3.8) is 0 Å². The fourth-order valence-corrected chi connectivity index (χ4v) is 4.36. The molecule has 0 amide bonds. The van der Waals surface area contributed by atoms with Crippen molar-refractivity contribution in [3.8, 4) is 23.3 Å². The second kappa shape index (κ2) is 7.76. The zero-order valence-electron chi connectivity index (χ0n) is 16.6. The molecule has 8 heteroatoms. The minimum Gasteiger partial charge on any atom is -0.493 e. The highest BCUT2D eigenvalue weighted by Crippen LogP contribution is 2.48. The zero-order valence-corrected chi connectivity index (χ0v) is 18.2. The quantitative estimate of drug-likeness (QED) is 0.591. The Morgan fingerprint density at radius 1 is 1.20 bits per heavy atom. The predicted molar refractivity (Wildman–Crippen MR) is 118 cm³/mol. The number of nitrogens with two attached hydrogens (primary N) is 1. The highest BCUT2D eigenvalue weighted by molar-refractivity contribution is 9.10. The van der Waals surface area contributed by atoms with Gasteiger partial charge in [0, 0.05) is 17.8 Å². The molecule has 3 N–H and O–H groups in total. The van der Waals surface area contributed by atoms with Gasteiger partial charge in [-0.25, -0.2) is 4.98 Å². The van der Waals surface area contributed by atoms with Gasteiger partial charge in [0.1, 0.15) is 17.5 Å². The first-order valence-electron chi connectivity index (χ1n) is 9.13. The molecule has 30 heavy (non-hydrogen) atoms. The summed E-state index contributed by atoms with van der Waals surface area (Å²) in [6, 6.07) is 13.7. The van der Waals surface area contributed by atoms with Crippen LogP contribution in [-0.4, -0.2) is 26.3 Å². The minimum absolute atomic E-state index is 0.0602. The minimum atomic E-state index is -0.536. The smallest absolute Gasteiger partial charge is 0.205 e. The highest BCUT2D eigenvalue weighted by Gasteiger charge is 2.35. The molecule has 0 aliphatic carbocycles. The Kier molecular flexibility index (Phi) is 5.14. The average Bonchev–Trinajstić information content (AvgIpc) is 2.77. The van der Waals surface area contributed by atoms with Gasteiger partial charge < -0.3 is 25.3 Å². The van der Waals surface area contributed by atoms with Crippen molar-refractivity contribution >= 4 is 32.5 Å². The number of nitrogens with zero attached hydrogens (tertiary/aromatic N) is 2. The molecule has 0 fully saturated rings. The van der Waals surface area contributed by atoms with Crippen LogP contribution in [0.15, 0.2) is 52.3 Å². The van der Waals surface area contributed by atoms with E-state index in [0.717, 1.165) is 16.3 Å². The van der Waals surface area contributed by atoms with Crippen LogP contribution in [0.5, 0.6) is 17.2 Å². The Morgan fingerprint density at radius 3 is 2.57 bits per heavy atom. The predicted octanol–water partition coefficient (Wildman–Crippen LogP) is 4.27. The fraction of sp³-hybridized carbons (Fsp3) is 0.182. The Morgan fingerprint density at radius 2 is 1.93 bits per heavy atom. The number of nitrogens with one attached hydrogen (secondary N) is 1. The number of benzene rings is 2. The lowest BCUT2D eigenvalue weighted by molar-refractivity contribution is 0.352. The first-order chi connectivity index (χ1) is 14.5. The lowest BCUT2D eigenvalue weighted by Gasteiger charge is -2.28. The summed E-state index contributed by atoms with van der Waals surface area (Å²) in [5.41, 5.74) is 7.84. The number of nitriles is 1. The van der Waals surface area contributed by atoms with Crippen LogP contribution in [0.4, 0.5) is 5.82 Å². The standard InChI is InChI=1S/C22H19BrN4O3/c1-26-22-13-7-5-4-6-12(13)19-18(27-22)17(14(10-24)21(25)30-19)11-8-15(23)20(29-3)16(9-11)28-2/h4-9,17H,25H2,1-3H3,(H,26,27). The number of pyridine rings is 1. The van der Waals surface area contributed by atoms with E-state index in [-0.39, 0.29) is 11.5 Å².